The molecular weight excluding hydrogens is 303 g/mol. The van der Waals surface area contributed by atoms with Crippen molar-refractivity contribution >= 4 is 22.2 Å². The van der Waals surface area contributed by atoms with Crippen molar-refractivity contribution in [2.75, 3.05) is 0 Å². The van der Waals surface area contributed by atoms with Crippen LogP contribution in [0.15, 0.2) is 52.3 Å². The van der Waals surface area contributed by atoms with Gasteiger partial charge in [0.2, 0.25) is 0 Å². The molecule has 2 aromatic rings. The zero-order valence-corrected chi connectivity index (χ0v) is 11.1. The smallest absolute Gasteiger partial charge is 0.258 e. The van der Waals surface area contributed by atoms with Crippen LogP contribution >= 0.6 is 0 Å². The summed E-state index contributed by atoms with van der Waals surface area (Å²) in [5, 5.41) is 21.6. The Morgan fingerprint density at radius 2 is 1.57 bits per heavy atom. The highest BCUT2D eigenvalue weighted by molar-refractivity contribution is 7.85. The van der Waals surface area contributed by atoms with Crippen LogP contribution in [0.25, 0.3) is 0 Å². The second kappa shape index (κ2) is 5.75. The van der Waals surface area contributed by atoms with Crippen molar-refractivity contribution in [1.82, 2.24) is 0 Å². The van der Waals surface area contributed by atoms with Gasteiger partial charge in [0.05, 0.1) is 26.7 Å². The highest BCUT2D eigenvalue weighted by atomic mass is 32.2. The van der Waals surface area contributed by atoms with Gasteiger partial charge in [0.15, 0.2) is 0 Å². The average Bonchev–Trinajstić information content (AvgIpc) is 2.46. The molecule has 0 N–H and O–H groups in total. The molecule has 0 saturated heterocycles. The third-order valence-electron chi connectivity index (χ3n) is 2.58. The highest BCUT2D eigenvalue weighted by Crippen LogP contribution is 2.30. The summed E-state index contributed by atoms with van der Waals surface area (Å²) >= 11 is 0. The van der Waals surface area contributed by atoms with Crippen molar-refractivity contribution in [3.8, 4) is 0 Å². The van der Waals surface area contributed by atoms with Gasteiger partial charge in [0, 0.05) is 11.0 Å². The van der Waals surface area contributed by atoms with E-state index in [0.717, 1.165) is 30.3 Å². The Hall–Kier alpha value is -2.68. The fourth-order valence-corrected chi connectivity index (χ4v) is 2.76. The first kappa shape index (κ1) is 14.7. The molecule has 0 spiro atoms. The minimum Gasteiger partial charge on any atom is -0.258 e. The molecule has 1 atom stereocenters. The van der Waals surface area contributed by atoms with Gasteiger partial charge in [-0.1, -0.05) is 0 Å². The molecule has 21 heavy (non-hydrogen) atoms. The first-order chi connectivity index (χ1) is 9.90. The lowest BCUT2D eigenvalue weighted by atomic mass is 10.3. The standard InChI is InChI=1S/C12H7FN2O5S/c13-8-1-4-10(5-2-8)21(20)12-6-3-9(14(16)17)7-11(12)15(18)19/h1-7H. The van der Waals surface area contributed by atoms with Crippen LogP contribution in [0.1, 0.15) is 0 Å². The molecule has 0 aliphatic rings. The molecule has 0 amide bonds. The second-order valence-corrected chi connectivity index (χ2v) is 5.34. The molecule has 0 heterocycles. The fourth-order valence-electron chi connectivity index (χ4n) is 1.60. The van der Waals surface area contributed by atoms with E-state index in [2.05, 4.69) is 0 Å². The molecule has 108 valence electrons. The van der Waals surface area contributed by atoms with Gasteiger partial charge in [-0.15, -0.1) is 0 Å². The van der Waals surface area contributed by atoms with Gasteiger partial charge in [-0.05, 0) is 30.3 Å². The van der Waals surface area contributed by atoms with Gasteiger partial charge in [0.25, 0.3) is 11.4 Å². The Bertz CT molecular complexity index is 748. The third-order valence-corrected chi connectivity index (χ3v) is 4.02. The van der Waals surface area contributed by atoms with Gasteiger partial charge in [0.1, 0.15) is 10.7 Å². The summed E-state index contributed by atoms with van der Waals surface area (Å²) in [5.74, 6) is -0.533. The average molecular weight is 310 g/mol. The summed E-state index contributed by atoms with van der Waals surface area (Å²) in [6.07, 6.45) is 0. The van der Waals surface area contributed by atoms with Crippen molar-refractivity contribution < 1.29 is 18.4 Å². The number of benzene rings is 2. The first-order valence-electron chi connectivity index (χ1n) is 5.50. The van der Waals surface area contributed by atoms with Crippen molar-refractivity contribution in [1.29, 1.82) is 0 Å². The summed E-state index contributed by atoms with van der Waals surface area (Å²) in [6.45, 7) is 0. The van der Waals surface area contributed by atoms with E-state index >= 15 is 0 Å². The van der Waals surface area contributed by atoms with E-state index in [0.29, 0.717) is 0 Å². The van der Waals surface area contributed by atoms with E-state index in [1.807, 2.05) is 0 Å². The van der Waals surface area contributed by atoms with Gasteiger partial charge in [-0.2, -0.15) is 0 Å². The summed E-state index contributed by atoms with van der Waals surface area (Å²) in [4.78, 5) is 20.0. The van der Waals surface area contributed by atoms with E-state index in [9.17, 15) is 28.8 Å². The zero-order chi connectivity index (χ0) is 15.6. The van der Waals surface area contributed by atoms with Gasteiger partial charge < -0.3 is 0 Å². The molecule has 0 saturated carbocycles. The quantitative estimate of drug-likeness (QED) is 0.638. The molecule has 9 heteroatoms. The van der Waals surface area contributed by atoms with Crippen molar-refractivity contribution in [3.05, 3.63) is 68.5 Å². The van der Waals surface area contributed by atoms with Crippen molar-refractivity contribution in [2.24, 2.45) is 0 Å². The Morgan fingerprint density at radius 3 is 2.10 bits per heavy atom. The molecule has 0 bridgehead atoms. The topological polar surface area (TPSA) is 103 Å². The van der Waals surface area contributed by atoms with Gasteiger partial charge >= 0.3 is 0 Å². The molecule has 0 fully saturated rings. The minimum absolute atomic E-state index is 0.161. The normalized spacial score (nSPS) is 11.9. The van der Waals surface area contributed by atoms with Crippen molar-refractivity contribution in [3.63, 3.8) is 0 Å². The number of halogens is 1. The summed E-state index contributed by atoms with van der Waals surface area (Å²) in [5.41, 5.74) is -1.09. The SMILES string of the molecule is O=[N+]([O-])c1ccc(S(=O)c2ccc(F)cc2)c([N+](=O)[O-])c1. The van der Waals surface area contributed by atoms with Crippen LogP contribution in [0.5, 0.6) is 0 Å². The number of rotatable bonds is 4. The molecule has 0 aromatic heterocycles. The maximum Gasteiger partial charge on any atom is 0.292 e. The monoisotopic (exact) mass is 310 g/mol. The van der Waals surface area contributed by atoms with Crippen LogP contribution in [0.3, 0.4) is 0 Å². The van der Waals surface area contributed by atoms with Crippen LogP contribution in [0, 0.1) is 26.0 Å². The molecule has 0 radical (unpaired) electrons. The Kier molecular flexibility index (Phi) is 4.03. The minimum atomic E-state index is -1.94. The summed E-state index contributed by atoms with van der Waals surface area (Å²) < 4.78 is 25.1. The molecule has 2 aromatic carbocycles. The van der Waals surface area contributed by atoms with Crippen LogP contribution in [-0.4, -0.2) is 14.1 Å². The molecule has 7 nitrogen and oxygen atoms in total. The third kappa shape index (κ3) is 3.08. The lowest BCUT2D eigenvalue weighted by Crippen LogP contribution is -2.01. The first-order valence-corrected chi connectivity index (χ1v) is 6.65. The van der Waals surface area contributed by atoms with E-state index in [4.69, 9.17) is 0 Å². The Balaban J connectivity index is 2.52. The predicted octanol–water partition coefficient (Wildman–Crippen LogP) is 2.81. The van der Waals surface area contributed by atoms with Crippen LogP contribution in [0.4, 0.5) is 15.8 Å². The number of non-ortho nitro benzene ring substituents is 1. The fraction of sp³-hybridized carbons (Fsp3) is 0. The molecule has 1 unspecified atom stereocenters. The van der Waals surface area contributed by atoms with Crippen LogP contribution < -0.4 is 0 Å². The van der Waals surface area contributed by atoms with Crippen LogP contribution in [-0.2, 0) is 10.8 Å². The lowest BCUT2D eigenvalue weighted by Gasteiger charge is -2.03. The summed E-state index contributed by atoms with van der Waals surface area (Å²) in [7, 11) is -1.94. The number of hydrogen-bond acceptors (Lipinski definition) is 5. The molecule has 2 rings (SSSR count). The van der Waals surface area contributed by atoms with E-state index in [-0.39, 0.29) is 9.79 Å². The molecule has 0 aliphatic carbocycles. The van der Waals surface area contributed by atoms with E-state index in [1.165, 1.54) is 12.1 Å². The second-order valence-electron chi connectivity index (χ2n) is 3.89. The number of nitro benzene ring substituents is 2. The van der Waals surface area contributed by atoms with Crippen molar-refractivity contribution in [2.45, 2.75) is 9.79 Å². The Morgan fingerprint density at radius 1 is 0.952 bits per heavy atom. The van der Waals surface area contributed by atoms with E-state index in [1.54, 1.807) is 0 Å². The predicted molar refractivity (Wildman–Crippen MR) is 70.8 cm³/mol. The maximum atomic E-state index is 12.8. The maximum absolute atomic E-state index is 12.8. The molecular formula is C12H7FN2O5S. The lowest BCUT2D eigenvalue weighted by molar-refractivity contribution is -0.396. The largest absolute Gasteiger partial charge is 0.292 e. The zero-order valence-electron chi connectivity index (χ0n) is 10.3. The number of nitro groups is 2. The number of hydrogen-bond donors (Lipinski definition) is 0. The highest BCUT2D eigenvalue weighted by Gasteiger charge is 2.24. The van der Waals surface area contributed by atoms with Gasteiger partial charge in [-0.3, -0.25) is 20.2 Å². The van der Waals surface area contributed by atoms with Crippen LogP contribution in [0.2, 0.25) is 0 Å². The van der Waals surface area contributed by atoms with Gasteiger partial charge in [-0.25, -0.2) is 8.60 Å². The number of nitrogens with zero attached hydrogens (tertiary/aromatic N) is 2. The summed E-state index contributed by atoms with van der Waals surface area (Å²) in [6, 6.07) is 7.46. The van der Waals surface area contributed by atoms with E-state index < -0.39 is 37.8 Å². The Labute approximate surface area is 119 Å². The molecule has 0 aliphatic heterocycles.